The number of carbonyl (C=O) groups excluding carboxylic acids is 2. The summed E-state index contributed by atoms with van der Waals surface area (Å²) in [5.74, 6) is -2.21. The van der Waals surface area contributed by atoms with Gasteiger partial charge in [-0.05, 0) is 6.07 Å². The van der Waals surface area contributed by atoms with Gasteiger partial charge in [-0.2, -0.15) is 0 Å². The molecule has 0 spiro atoms. The van der Waals surface area contributed by atoms with Gasteiger partial charge < -0.3 is 14.9 Å². The third-order valence-corrected chi connectivity index (χ3v) is 1.94. The number of Topliss-reactive ketones (excluding diaryl/α,β-unsaturated/α-hetero) is 1. The predicted octanol–water partition coefficient (Wildman–Crippen LogP) is 0.128. The number of rotatable bonds is 0. The lowest BCUT2D eigenvalue weighted by atomic mass is 10.0. The Balaban J connectivity index is 2.53. The van der Waals surface area contributed by atoms with E-state index in [1.807, 2.05) is 0 Å². The number of esters is 1. The van der Waals surface area contributed by atoms with Gasteiger partial charge in [0, 0.05) is 18.1 Å². The van der Waals surface area contributed by atoms with Crippen LogP contribution in [0.1, 0.15) is 5.56 Å². The van der Waals surface area contributed by atoms with Crippen LogP contribution in [-0.2, 0) is 16.0 Å². The molecule has 1 aliphatic rings. The molecule has 1 heterocycles. The highest BCUT2D eigenvalue weighted by atomic mass is 16.5. The van der Waals surface area contributed by atoms with Gasteiger partial charge in [0.15, 0.2) is 11.5 Å². The quantitative estimate of drug-likeness (QED) is 0.265. The number of aromatic hydroxyl groups is 2. The molecular weight excluding hydrogens is 188 g/mol. The molecule has 1 aromatic carbocycles. The van der Waals surface area contributed by atoms with Gasteiger partial charge in [-0.3, -0.25) is 4.79 Å². The number of fused-ring (bicyclic) bond motifs is 1. The lowest BCUT2D eigenvalue weighted by Crippen LogP contribution is -2.27. The monoisotopic (exact) mass is 194 g/mol. The van der Waals surface area contributed by atoms with E-state index in [0.29, 0.717) is 5.56 Å². The van der Waals surface area contributed by atoms with Gasteiger partial charge in [-0.25, -0.2) is 4.79 Å². The number of benzene rings is 1. The average molecular weight is 194 g/mol. The largest absolute Gasteiger partial charge is 0.504 e. The van der Waals surface area contributed by atoms with E-state index in [2.05, 4.69) is 4.74 Å². The van der Waals surface area contributed by atoms with Gasteiger partial charge in [0.25, 0.3) is 0 Å². The number of hydrogen-bond acceptors (Lipinski definition) is 5. The van der Waals surface area contributed by atoms with Gasteiger partial charge in [0.2, 0.25) is 5.78 Å². The second-order valence-electron chi connectivity index (χ2n) is 2.94. The summed E-state index contributed by atoms with van der Waals surface area (Å²) in [6.07, 6.45) is -0.109. The highest BCUT2D eigenvalue weighted by molar-refractivity contribution is 6.35. The highest BCUT2D eigenvalue weighted by Crippen LogP contribution is 2.34. The second-order valence-corrected chi connectivity index (χ2v) is 2.94. The summed E-state index contributed by atoms with van der Waals surface area (Å²) in [5.41, 5.74) is 0.393. The van der Waals surface area contributed by atoms with Gasteiger partial charge in [0.1, 0.15) is 5.75 Å². The molecule has 0 atom stereocenters. The maximum atomic E-state index is 10.9. The molecular formula is C9H6O5. The molecule has 0 amide bonds. The van der Waals surface area contributed by atoms with Crippen molar-refractivity contribution in [1.29, 1.82) is 0 Å². The molecule has 0 saturated carbocycles. The predicted molar refractivity (Wildman–Crippen MR) is 44.1 cm³/mol. The third kappa shape index (κ3) is 1.19. The number of hydrogen-bond donors (Lipinski definition) is 2. The van der Waals surface area contributed by atoms with Crippen molar-refractivity contribution in [3.8, 4) is 17.2 Å². The maximum Gasteiger partial charge on any atom is 0.380 e. The standard InChI is InChI=1S/C9H6O5/c10-5-1-4-2-7(12)9(13)14-8(4)3-6(5)11/h1,3,10-11H,2H2. The minimum atomic E-state index is -0.942. The first-order valence-corrected chi connectivity index (χ1v) is 3.88. The molecule has 0 fully saturated rings. The van der Waals surface area contributed by atoms with Crippen LogP contribution in [0.4, 0.5) is 0 Å². The minimum absolute atomic E-state index is 0.109. The molecule has 1 aromatic rings. The number of phenols is 2. The smallest absolute Gasteiger partial charge is 0.380 e. The van der Waals surface area contributed by atoms with E-state index in [-0.39, 0.29) is 23.7 Å². The summed E-state index contributed by atoms with van der Waals surface area (Å²) in [6.45, 7) is 0. The van der Waals surface area contributed by atoms with Crippen molar-refractivity contribution in [1.82, 2.24) is 0 Å². The van der Waals surface area contributed by atoms with Crippen LogP contribution >= 0.6 is 0 Å². The van der Waals surface area contributed by atoms with E-state index in [0.717, 1.165) is 6.07 Å². The topological polar surface area (TPSA) is 83.8 Å². The van der Waals surface area contributed by atoms with Gasteiger partial charge in [-0.1, -0.05) is 0 Å². The molecule has 1 aliphatic heterocycles. The van der Waals surface area contributed by atoms with Gasteiger partial charge in [-0.15, -0.1) is 0 Å². The van der Waals surface area contributed by atoms with E-state index >= 15 is 0 Å². The van der Waals surface area contributed by atoms with Crippen molar-refractivity contribution in [2.45, 2.75) is 6.42 Å². The Bertz CT molecular complexity index is 394. The highest BCUT2D eigenvalue weighted by Gasteiger charge is 2.26. The van der Waals surface area contributed by atoms with Crippen molar-refractivity contribution in [2.24, 2.45) is 0 Å². The number of ether oxygens (including phenoxy) is 1. The summed E-state index contributed by atoms with van der Waals surface area (Å²) in [7, 11) is 0. The molecule has 0 unspecified atom stereocenters. The van der Waals surface area contributed by atoms with Crippen molar-refractivity contribution in [3.05, 3.63) is 17.7 Å². The molecule has 14 heavy (non-hydrogen) atoms. The molecule has 2 N–H and O–H groups in total. The fraction of sp³-hybridized carbons (Fsp3) is 0.111. The molecule has 0 saturated heterocycles. The van der Waals surface area contributed by atoms with Gasteiger partial charge in [0.05, 0.1) is 0 Å². The van der Waals surface area contributed by atoms with E-state index in [4.69, 9.17) is 10.2 Å². The van der Waals surface area contributed by atoms with Crippen LogP contribution in [0.5, 0.6) is 17.2 Å². The zero-order valence-corrected chi connectivity index (χ0v) is 6.98. The lowest BCUT2D eigenvalue weighted by molar-refractivity contribution is -0.147. The lowest BCUT2D eigenvalue weighted by Gasteiger charge is -2.14. The SMILES string of the molecule is O=C1Cc2cc(O)c(O)cc2OC1=O. The fourth-order valence-electron chi connectivity index (χ4n) is 1.24. The summed E-state index contributed by atoms with van der Waals surface area (Å²) in [5, 5.41) is 18.2. The Hall–Kier alpha value is -2.04. The van der Waals surface area contributed by atoms with Crippen LogP contribution in [0.3, 0.4) is 0 Å². The fourth-order valence-corrected chi connectivity index (χ4v) is 1.24. The Morgan fingerprint density at radius 3 is 2.50 bits per heavy atom. The summed E-state index contributed by atoms with van der Waals surface area (Å²) in [4.78, 5) is 21.8. The number of carbonyl (C=O) groups is 2. The Morgan fingerprint density at radius 2 is 1.79 bits per heavy atom. The molecule has 0 aliphatic carbocycles. The second kappa shape index (κ2) is 2.73. The average Bonchev–Trinajstić information content (AvgIpc) is 2.11. The summed E-state index contributed by atoms with van der Waals surface area (Å²) in [6, 6.07) is 2.31. The van der Waals surface area contributed by atoms with Crippen molar-refractivity contribution in [2.75, 3.05) is 0 Å². The van der Waals surface area contributed by atoms with Crippen molar-refractivity contribution in [3.63, 3.8) is 0 Å². The Labute approximate surface area is 78.5 Å². The number of phenolic OH excluding ortho intramolecular Hbond substituents is 2. The summed E-state index contributed by atoms with van der Waals surface area (Å²) >= 11 is 0. The van der Waals surface area contributed by atoms with Crippen LogP contribution in [0.25, 0.3) is 0 Å². The number of ketones is 1. The molecule has 5 nitrogen and oxygen atoms in total. The van der Waals surface area contributed by atoms with Crippen LogP contribution in [0.2, 0.25) is 0 Å². The molecule has 5 heteroatoms. The van der Waals surface area contributed by atoms with E-state index < -0.39 is 11.8 Å². The zero-order valence-electron chi connectivity index (χ0n) is 6.98. The maximum absolute atomic E-state index is 10.9. The molecule has 0 bridgehead atoms. The van der Waals surface area contributed by atoms with E-state index in [9.17, 15) is 9.59 Å². The van der Waals surface area contributed by atoms with Crippen LogP contribution < -0.4 is 4.74 Å². The van der Waals surface area contributed by atoms with Crippen LogP contribution in [0, 0.1) is 0 Å². The molecule has 0 radical (unpaired) electrons. The first kappa shape index (κ1) is 8.55. The molecule has 0 aromatic heterocycles. The molecule has 2 rings (SSSR count). The first-order valence-electron chi connectivity index (χ1n) is 3.88. The zero-order chi connectivity index (χ0) is 10.3. The first-order chi connectivity index (χ1) is 6.58. The summed E-state index contributed by atoms with van der Waals surface area (Å²) < 4.78 is 4.62. The third-order valence-electron chi connectivity index (χ3n) is 1.94. The molecule has 72 valence electrons. The van der Waals surface area contributed by atoms with Crippen LogP contribution in [0.15, 0.2) is 12.1 Å². The van der Waals surface area contributed by atoms with E-state index in [1.54, 1.807) is 0 Å². The Morgan fingerprint density at radius 1 is 1.14 bits per heavy atom. The van der Waals surface area contributed by atoms with Crippen LogP contribution in [-0.4, -0.2) is 22.0 Å². The minimum Gasteiger partial charge on any atom is -0.504 e. The van der Waals surface area contributed by atoms with Gasteiger partial charge >= 0.3 is 5.97 Å². The van der Waals surface area contributed by atoms with Crippen molar-refractivity contribution < 1.29 is 24.5 Å². The van der Waals surface area contributed by atoms with E-state index in [1.165, 1.54) is 6.07 Å². The van der Waals surface area contributed by atoms with Crippen molar-refractivity contribution >= 4 is 11.8 Å². The Kier molecular flexibility index (Phi) is 1.67. The normalized spacial score (nSPS) is 14.9.